The molecule has 3 unspecified atom stereocenters. The van der Waals surface area contributed by atoms with Gasteiger partial charge >= 0.3 is 0 Å². The topological polar surface area (TPSA) is 49.4 Å². The Balaban J connectivity index is 0.00000192. The molecule has 1 N–H and O–H groups in total. The SMILES string of the molecule is CCC(C)c1ccc(S(=O)(=O)N2CCC3NCCC3C2)cc1.Cl. The van der Waals surface area contributed by atoms with Crippen molar-refractivity contribution in [3.05, 3.63) is 29.8 Å². The van der Waals surface area contributed by atoms with E-state index in [1.807, 2.05) is 12.1 Å². The summed E-state index contributed by atoms with van der Waals surface area (Å²) in [7, 11) is -3.34. The highest BCUT2D eigenvalue weighted by molar-refractivity contribution is 7.89. The van der Waals surface area contributed by atoms with Crippen molar-refractivity contribution in [3.63, 3.8) is 0 Å². The third kappa shape index (κ3) is 3.73. The summed E-state index contributed by atoms with van der Waals surface area (Å²) in [5, 5.41) is 3.48. The van der Waals surface area contributed by atoms with E-state index in [1.54, 1.807) is 16.4 Å². The van der Waals surface area contributed by atoms with E-state index in [-0.39, 0.29) is 12.4 Å². The molecule has 2 aliphatic rings. The number of nitrogens with zero attached hydrogens (tertiary/aromatic N) is 1. The van der Waals surface area contributed by atoms with Gasteiger partial charge in [-0.15, -0.1) is 12.4 Å². The Morgan fingerprint density at radius 2 is 1.96 bits per heavy atom. The zero-order valence-electron chi connectivity index (χ0n) is 13.9. The van der Waals surface area contributed by atoms with Gasteiger partial charge in [-0.1, -0.05) is 26.0 Å². The van der Waals surface area contributed by atoms with Gasteiger partial charge in [0.25, 0.3) is 0 Å². The van der Waals surface area contributed by atoms with Crippen LogP contribution in [0, 0.1) is 5.92 Å². The summed E-state index contributed by atoms with van der Waals surface area (Å²) in [6.45, 7) is 6.63. The molecule has 6 heteroatoms. The number of fused-ring (bicyclic) bond motifs is 1. The number of sulfonamides is 1. The number of halogens is 1. The summed E-state index contributed by atoms with van der Waals surface area (Å²) >= 11 is 0. The first-order valence-corrected chi connectivity index (χ1v) is 9.80. The Hall–Kier alpha value is -0.620. The van der Waals surface area contributed by atoms with E-state index in [0.29, 0.717) is 35.9 Å². The fourth-order valence-corrected chi connectivity index (χ4v) is 5.10. The normalized spacial score (nSPS) is 26.3. The molecule has 1 aromatic rings. The van der Waals surface area contributed by atoms with E-state index in [1.165, 1.54) is 5.56 Å². The Morgan fingerprint density at radius 1 is 1.26 bits per heavy atom. The summed E-state index contributed by atoms with van der Waals surface area (Å²) in [5.74, 6) is 0.944. The summed E-state index contributed by atoms with van der Waals surface area (Å²) < 4.78 is 27.3. The molecule has 0 aliphatic carbocycles. The van der Waals surface area contributed by atoms with Crippen LogP contribution < -0.4 is 5.32 Å². The van der Waals surface area contributed by atoms with Crippen LogP contribution >= 0.6 is 12.4 Å². The average Bonchev–Trinajstić information content (AvgIpc) is 3.01. The van der Waals surface area contributed by atoms with E-state index < -0.39 is 10.0 Å². The van der Waals surface area contributed by atoms with E-state index in [9.17, 15) is 8.42 Å². The largest absolute Gasteiger partial charge is 0.314 e. The van der Waals surface area contributed by atoms with Crippen LogP contribution in [0.15, 0.2) is 29.2 Å². The molecule has 2 aliphatic heterocycles. The molecule has 3 rings (SSSR count). The third-order valence-electron chi connectivity index (χ3n) is 5.32. The summed E-state index contributed by atoms with van der Waals surface area (Å²) in [6, 6.07) is 7.99. The molecule has 0 radical (unpaired) electrons. The van der Waals surface area contributed by atoms with Crippen molar-refractivity contribution >= 4 is 22.4 Å². The molecule has 130 valence electrons. The van der Waals surface area contributed by atoms with Gasteiger partial charge in [-0.25, -0.2) is 8.42 Å². The first-order valence-electron chi connectivity index (χ1n) is 8.36. The van der Waals surface area contributed by atoms with Gasteiger partial charge in [0.2, 0.25) is 10.0 Å². The second-order valence-corrected chi connectivity index (χ2v) is 8.58. The lowest BCUT2D eigenvalue weighted by Crippen LogP contribution is -2.46. The monoisotopic (exact) mass is 358 g/mol. The Bertz CT molecular complexity index is 618. The highest BCUT2D eigenvalue weighted by Crippen LogP contribution is 2.29. The first kappa shape index (κ1) is 18.7. The van der Waals surface area contributed by atoms with Gasteiger partial charge in [0.15, 0.2) is 0 Å². The average molecular weight is 359 g/mol. The summed E-state index contributed by atoms with van der Waals surface area (Å²) in [4.78, 5) is 0.434. The lowest BCUT2D eigenvalue weighted by atomic mass is 9.95. The standard InChI is InChI=1S/C17H26N2O2S.ClH/c1-3-13(2)14-4-6-16(7-5-14)22(20,21)19-11-9-17-15(12-19)8-10-18-17;/h4-7,13,15,17-18H,3,8-12H2,1-2H3;1H. The van der Waals surface area contributed by atoms with E-state index in [0.717, 1.165) is 25.8 Å². The fraction of sp³-hybridized carbons (Fsp3) is 0.647. The maximum absolute atomic E-state index is 12.8. The van der Waals surface area contributed by atoms with Gasteiger partial charge < -0.3 is 5.32 Å². The number of hydrogen-bond donors (Lipinski definition) is 1. The van der Waals surface area contributed by atoms with E-state index in [2.05, 4.69) is 19.2 Å². The highest BCUT2D eigenvalue weighted by atomic mass is 35.5. The van der Waals surface area contributed by atoms with Crippen LogP contribution in [0.1, 0.15) is 44.6 Å². The van der Waals surface area contributed by atoms with Crippen LogP contribution in [0.4, 0.5) is 0 Å². The maximum atomic E-state index is 12.8. The minimum Gasteiger partial charge on any atom is -0.314 e. The van der Waals surface area contributed by atoms with Crippen LogP contribution in [0.25, 0.3) is 0 Å². The molecule has 0 amide bonds. The molecule has 2 saturated heterocycles. The molecule has 0 bridgehead atoms. The number of piperidine rings is 1. The number of nitrogens with one attached hydrogen (secondary N) is 1. The molecule has 0 spiro atoms. The summed E-state index contributed by atoms with van der Waals surface area (Å²) in [5.41, 5.74) is 1.21. The van der Waals surface area contributed by atoms with Crippen LogP contribution in [-0.4, -0.2) is 38.4 Å². The molecule has 0 saturated carbocycles. The van der Waals surface area contributed by atoms with E-state index >= 15 is 0 Å². The molecule has 23 heavy (non-hydrogen) atoms. The number of benzene rings is 1. The predicted molar refractivity (Wildman–Crippen MR) is 95.7 cm³/mol. The lowest BCUT2D eigenvalue weighted by molar-refractivity contribution is 0.247. The van der Waals surface area contributed by atoms with Crippen LogP contribution in [0.5, 0.6) is 0 Å². The smallest absolute Gasteiger partial charge is 0.243 e. The lowest BCUT2D eigenvalue weighted by Gasteiger charge is -2.34. The molecule has 2 fully saturated rings. The van der Waals surface area contributed by atoms with Gasteiger partial charge in [0, 0.05) is 19.1 Å². The molecule has 3 atom stereocenters. The molecular weight excluding hydrogens is 332 g/mol. The van der Waals surface area contributed by atoms with Crippen molar-refractivity contribution in [2.75, 3.05) is 19.6 Å². The second kappa shape index (κ2) is 7.51. The number of hydrogen-bond acceptors (Lipinski definition) is 3. The van der Waals surface area contributed by atoms with E-state index in [4.69, 9.17) is 0 Å². The van der Waals surface area contributed by atoms with Crippen LogP contribution in [0.3, 0.4) is 0 Å². The Labute approximate surface area is 146 Å². The second-order valence-electron chi connectivity index (χ2n) is 6.64. The maximum Gasteiger partial charge on any atom is 0.243 e. The summed E-state index contributed by atoms with van der Waals surface area (Å²) in [6.07, 6.45) is 3.08. The molecule has 1 aromatic carbocycles. The van der Waals surface area contributed by atoms with Crippen molar-refractivity contribution in [1.29, 1.82) is 0 Å². The Kier molecular flexibility index (Phi) is 6.11. The van der Waals surface area contributed by atoms with Gasteiger partial charge in [-0.3, -0.25) is 0 Å². The third-order valence-corrected chi connectivity index (χ3v) is 7.20. The molecule has 2 heterocycles. The molecule has 4 nitrogen and oxygen atoms in total. The highest BCUT2D eigenvalue weighted by Gasteiger charge is 2.37. The molecule has 0 aromatic heterocycles. The predicted octanol–water partition coefficient (Wildman–Crippen LogP) is 2.99. The minimum absolute atomic E-state index is 0. The van der Waals surface area contributed by atoms with Crippen molar-refractivity contribution in [3.8, 4) is 0 Å². The van der Waals surface area contributed by atoms with Crippen LogP contribution in [0.2, 0.25) is 0 Å². The van der Waals surface area contributed by atoms with Gasteiger partial charge in [-0.2, -0.15) is 4.31 Å². The minimum atomic E-state index is -3.34. The Morgan fingerprint density at radius 3 is 2.61 bits per heavy atom. The van der Waals surface area contributed by atoms with Crippen molar-refractivity contribution in [2.24, 2.45) is 5.92 Å². The fourth-order valence-electron chi connectivity index (χ4n) is 3.59. The van der Waals surface area contributed by atoms with Crippen molar-refractivity contribution in [1.82, 2.24) is 9.62 Å². The first-order chi connectivity index (χ1) is 10.5. The quantitative estimate of drug-likeness (QED) is 0.900. The zero-order valence-corrected chi connectivity index (χ0v) is 15.5. The van der Waals surface area contributed by atoms with Gasteiger partial charge in [0.1, 0.15) is 0 Å². The van der Waals surface area contributed by atoms with Crippen LogP contribution in [-0.2, 0) is 10.0 Å². The van der Waals surface area contributed by atoms with Gasteiger partial charge in [0.05, 0.1) is 4.90 Å². The van der Waals surface area contributed by atoms with Gasteiger partial charge in [-0.05, 0) is 55.3 Å². The zero-order chi connectivity index (χ0) is 15.7. The number of rotatable bonds is 4. The molecular formula is C17H27ClN2O2S. The van der Waals surface area contributed by atoms with Crippen molar-refractivity contribution in [2.45, 2.75) is 50.0 Å². The van der Waals surface area contributed by atoms with Crippen molar-refractivity contribution < 1.29 is 8.42 Å².